The second kappa shape index (κ2) is 7.78. The van der Waals surface area contributed by atoms with Gasteiger partial charge in [0.1, 0.15) is 5.82 Å². The first-order valence-electron chi connectivity index (χ1n) is 7.11. The highest BCUT2D eigenvalue weighted by Crippen LogP contribution is 2.29. The van der Waals surface area contributed by atoms with Crippen molar-refractivity contribution in [3.63, 3.8) is 0 Å². The van der Waals surface area contributed by atoms with E-state index in [1.54, 1.807) is 0 Å². The highest BCUT2D eigenvalue weighted by atomic mass is 19.4. The highest BCUT2D eigenvalue weighted by molar-refractivity contribution is 5.92. The van der Waals surface area contributed by atoms with E-state index in [1.807, 2.05) is 0 Å². The molecule has 0 radical (unpaired) electrons. The summed E-state index contributed by atoms with van der Waals surface area (Å²) in [6.07, 6.45) is -4.67. The number of hydrogen-bond donors (Lipinski definition) is 1. The first-order chi connectivity index (χ1) is 11.7. The molecule has 0 aliphatic rings. The van der Waals surface area contributed by atoms with Crippen LogP contribution in [-0.4, -0.2) is 18.5 Å². The van der Waals surface area contributed by atoms with Gasteiger partial charge in [0.2, 0.25) is 0 Å². The van der Waals surface area contributed by atoms with Gasteiger partial charge in [-0.05, 0) is 42.0 Å². The average molecular weight is 355 g/mol. The normalized spacial score (nSPS) is 11.0. The Hall–Kier alpha value is -2.90. The zero-order valence-corrected chi connectivity index (χ0v) is 12.8. The number of anilines is 1. The monoisotopic (exact) mass is 355 g/mol. The van der Waals surface area contributed by atoms with Gasteiger partial charge in [0.25, 0.3) is 5.91 Å². The van der Waals surface area contributed by atoms with Gasteiger partial charge in [-0.3, -0.25) is 9.59 Å². The smallest absolute Gasteiger partial charge is 0.416 e. The van der Waals surface area contributed by atoms with Gasteiger partial charge in [-0.1, -0.05) is 12.1 Å². The molecule has 2 aromatic carbocycles. The van der Waals surface area contributed by atoms with E-state index >= 15 is 0 Å². The maximum atomic E-state index is 13.0. The molecule has 0 heterocycles. The third-order valence-electron chi connectivity index (χ3n) is 3.10. The lowest BCUT2D eigenvalue weighted by Crippen LogP contribution is -2.21. The van der Waals surface area contributed by atoms with Gasteiger partial charge in [-0.2, -0.15) is 13.2 Å². The zero-order chi connectivity index (χ0) is 18.4. The molecule has 0 saturated carbocycles. The van der Waals surface area contributed by atoms with Crippen LogP contribution in [0.1, 0.15) is 11.1 Å². The quantitative estimate of drug-likeness (QED) is 0.659. The fraction of sp³-hybridized carbons (Fsp3) is 0.176. The first-order valence-corrected chi connectivity index (χ1v) is 7.11. The van der Waals surface area contributed by atoms with Crippen molar-refractivity contribution in [3.05, 3.63) is 65.5 Å². The molecule has 132 valence electrons. The maximum absolute atomic E-state index is 13.0. The van der Waals surface area contributed by atoms with Crippen molar-refractivity contribution in [1.82, 2.24) is 0 Å². The van der Waals surface area contributed by atoms with E-state index in [0.717, 1.165) is 24.3 Å². The van der Waals surface area contributed by atoms with Crippen molar-refractivity contribution < 1.29 is 31.9 Å². The summed E-state index contributed by atoms with van der Waals surface area (Å²) >= 11 is 0. The van der Waals surface area contributed by atoms with Crippen molar-refractivity contribution >= 4 is 17.6 Å². The Kier molecular flexibility index (Phi) is 5.74. The van der Waals surface area contributed by atoms with Gasteiger partial charge in [-0.25, -0.2) is 4.39 Å². The molecule has 2 aromatic rings. The van der Waals surface area contributed by atoms with E-state index in [9.17, 15) is 27.2 Å². The minimum Gasteiger partial charge on any atom is -0.455 e. The van der Waals surface area contributed by atoms with Crippen LogP contribution in [0.4, 0.5) is 23.2 Å². The fourth-order valence-electron chi connectivity index (χ4n) is 1.95. The van der Waals surface area contributed by atoms with Gasteiger partial charge in [0, 0.05) is 5.69 Å². The van der Waals surface area contributed by atoms with E-state index < -0.39 is 36.0 Å². The molecule has 1 amide bonds. The van der Waals surface area contributed by atoms with Crippen molar-refractivity contribution in [2.45, 2.75) is 12.6 Å². The van der Waals surface area contributed by atoms with Crippen molar-refractivity contribution in [2.24, 2.45) is 0 Å². The van der Waals surface area contributed by atoms with Crippen molar-refractivity contribution in [3.8, 4) is 0 Å². The van der Waals surface area contributed by atoms with Gasteiger partial charge in [-0.15, -0.1) is 0 Å². The van der Waals surface area contributed by atoms with Crippen molar-refractivity contribution in [1.29, 1.82) is 0 Å². The topological polar surface area (TPSA) is 55.4 Å². The molecule has 8 heteroatoms. The van der Waals surface area contributed by atoms with E-state index in [-0.39, 0.29) is 12.1 Å². The van der Waals surface area contributed by atoms with Gasteiger partial charge in [0.15, 0.2) is 6.61 Å². The van der Waals surface area contributed by atoms with E-state index in [2.05, 4.69) is 5.32 Å². The first kappa shape index (κ1) is 18.4. The van der Waals surface area contributed by atoms with Crippen LogP contribution in [0.3, 0.4) is 0 Å². The molecule has 0 saturated heterocycles. The van der Waals surface area contributed by atoms with Crippen LogP contribution in [-0.2, 0) is 26.9 Å². The summed E-state index contributed by atoms with van der Waals surface area (Å²) in [5.41, 5.74) is -0.306. The number of alkyl halides is 3. The number of hydrogen-bond acceptors (Lipinski definition) is 3. The molecule has 0 atom stereocenters. The van der Waals surface area contributed by atoms with Crippen LogP contribution in [0, 0.1) is 5.82 Å². The lowest BCUT2D eigenvalue weighted by molar-refractivity contribution is -0.146. The SMILES string of the molecule is O=C(COC(=O)Cc1cccc(F)c1)Nc1ccc(C(F)(F)F)cc1. The summed E-state index contributed by atoms with van der Waals surface area (Å²) < 4.78 is 55.0. The van der Waals surface area contributed by atoms with Gasteiger partial charge in [0.05, 0.1) is 12.0 Å². The zero-order valence-electron chi connectivity index (χ0n) is 12.8. The second-order valence-corrected chi connectivity index (χ2v) is 5.09. The van der Waals surface area contributed by atoms with Gasteiger partial charge >= 0.3 is 12.1 Å². The summed E-state index contributed by atoms with van der Waals surface area (Å²) in [6, 6.07) is 9.21. The molecular formula is C17H13F4NO3. The molecule has 0 spiro atoms. The molecule has 4 nitrogen and oxygen atoms in total. The maximum Gasteiger partial charge on any atom is 0.416 e. The van der Waals surface area contributed by atoms with Crippen LogP contribution in [0.2, 0.25) is 0 Å². The standard InChI is InChI=1S/C17H13F4NO3/c18-13-3-1-2-11(8-13)9-16(24)25-10-15(23)22-14-6-4-12(5-7-14)17(19,20)21/h1-8H,9-10H2,(H,22,23). The Morgan fingerprint density at radius 1 is 1.04 bits per heavy atom. The van der Waals surface area contributed by atoms with Crippen LogP contribution >= 0.6 is 0 Å². The number of amides is 1. The largest absolute Gasteiger partial charge is 0.455 e. The summed E-state index contributed by atoms with van der Waals surface area (Å²) in [5, 5.41) is 2.31. The Labute approximate surface area is 140 Å². The molecule has 0 bridgehead atoms. The molecule has 1 N–H and O–H groups in total. The summed E-state index contributed by atoms with van der Waals surface area (Å²) in [6.45, 7) is -0.602. The third kappa shape index (κ3) is 5.91. The number of nitrogens with one attached hydrogen (secondary N) is 1. The Morgan fingerprint density at radius 3 is 2.32 bits per heavy atom. The Balaban J connectivity index is 1.81. The molecule has 0 aliphatic carbocycles. The minimum absolute atomic E-state index is 0.138. The van der Waals surface area contributed by atoms with Crippen LogP contribution < -0.4 is 5.32 Å². The van der Waals surface area contributed by atoms with Gasteiger partial charge < -0.3 is 10.1 Å². The number of carbonyl (C=O) groups is 2. The number of esters is 1. The average Bonchev–Trinajstić information content (AvgIpc) is 2.53. The van der Waals surface area contributed by atoms with Crippen LogP contribution in [0.25, 0.3) is 0 Å². The molecule has 0 unspecified atom stereocenters. The second-order valence-electron chi connectivity index (χ2n) is 5.09. The van der Waals surface area contributed by atoms with E-state index in [0.29, 0.717) is 5.56 Å². The summed E-state index contributed by atoms with van der Waals surface area (Å²) in [7, 11) is 0. The highest BCUT2D eigenvalue weighted by Gasteiger charge is 2.29. The third-order valence-corrected chi connectivity index (χ3v) is 3.10. The van der Waals surface area contributed by atoms with Crippen LogP contribution in [0.5, 0.6) is 0 Å². The number of carbonyl (C=O) groups excluding carboxylic acids is 2. The van der Waals surface area contributed by atoms with Crippen molar-refractivity contribution in [2.75, 3.05) is 11.9 Å². The number of benzene rings is 2. The minimum atomic E-state index is -4.46. The molecule has 0 aliphatic heterocycles. The molecule has 0 aromatic heterocycles. The molecule has 25 heavy (non-hydrogen) atoms. The lowest BCUT2D eigenvalue weighted by Gasteiger charge is -2.09. The number of rotatable bonds is 5. The molecular weight excluding hydrogens is 342 g/mol. The Morgan fingerprint density at radius 2 is 1.72 bits per heavy atom. The summed E-state index contributed by atoms with van der Waals surface area (Å²) in [5.74, 6) is -1.93. The van der Waals surface area contributed by atoms with E-state index in [1.165, 1.54) is 24.3 Å². The molecule has 2 rings (SSSR count). The predicted octanol–water partition coefficient (Wildman–Crippen LogP) is 3.57. The lowest BCUT2D eigenvalue weighted by atomic mass is 10.1. The predicted molar refractivity (Wildman–Crippen MR) is 81.1 cm³/mol. The number of ether oxygens (including phenoxy) is 1. The summed E-state index contributed by atoms with van der Waals surface area (Å²) in [4.78, 5) is 23.2. The van der Waals surface area contributed by atoms with Crippen LogP contribution in [0.15, 0.2) is 48.5 Å². The molecule has 0 fully saturated rings. The van der Waals surface area contributed by atoms with E-state index in [4.69, 9.17) is 4.74 Å². The fourth-order valence-corrected chi connectivity index (χ4v) is 1.95. The number of halogens is 4. The Bertz CT molecular complexity index is 757.